The van der Waals surface area contributed by atoms with Crippen LogP contribution in [-0.2, 0) is 19.0 Å². The minimum atomic E-state index is -3.64. The van der Waals surface area contributed by atoms with E-state index in [1.807, 2.05) is 0 Å². The van der Waals surface area contributed by atoms with Gasteiger partial charge >= 0.3 is 5.92 Å². The van der Waals surface area contributed by atoms with Gasteiger partial charge in [-0.1, -0.05) is 41.9 Å². The molecule has 7 nitrogen and oxygen atoms in total. The molecule has 0 radical (unpaired) electrons. The summed E-state index contributed by atoms with van der Waals surface area (Å²) in [6.07, 6.45) is 0. The predicted octanol–water partition coefficient (Wildman–Crippen LogP) is 4.93. The monoisotopic (exact) mass is 516 g/mol. The van der Waals surface area contributed by atoms with Gasteiger partial charge in [-0.3, -0.25) is 9.69 Å². The van der Waals surface area contributed by atoms with Crippen molar-refractivity contribution in [2.75, 3.05) is 7.11 Å². The molecule has 36 heavy (non-hydrogen) atoms. The fourth-order valence-corrected chi connectivity index (χ4v) is 4.18. The number of alkyl halides is 2. The van der Waals surface area contributed by atoms with Gasteiger partial charge in [0.05, 0.1) is 31.4 Å². The minimum Gasteiger partial charge on any atom is -0.497 e. The lowest BCUT2D eigenvalue weighted by Gasteiger charge is -2.26. The van der Waals surface area contributed by atoms with Crippen LogP contribution < -0.4 is 16.4 Å². The number of hydrazone groups is 1. The van der Waals surface area contributed by atoms with Crippen LogP contribution in [0.15, 0.2) is 65.8 Å². The van der Waals surface area contributed by atoms with Crippen LogP contribution in [0.3, 0.4) is 0 Å². The summed E-state index contributed by atoms with van der Waals surface area (Å²) in [6.45, 7) is 1.63. The lowest BCUT2D eigenvalue weighted by atomic mass is 10.0. The molecule has 3 aromatic carbocycles. The van der Waals surface area contributed by atoms with Gasteiger partial charge < -0.3 is 10.6 Å². The SMILES string of the molecule is COc1ccc(CN(N)/C(=N\N)C(F)(F)c2ccc3c(C)nn(Cc4c(F)cccc4Cl)c3c2)cc1. The minimum absolute atomic E-state index is 0.0385. The highest BCUT2D eigenvalue weighted by atomic mass is 35.5. The number of methoxy groups -OCH3 is 1. The number of hydrazine groups is 1. The number of hydrogen-bond donors (Lipinski definition) is 2. The highest BCUT2D eigenvalue weighted by Gasteiger charge is 2.42. The molecule has 0 saturated heterocycles. The summed E-state index contributed by atoms with van der Waals surface area (Å²) in [4.78, 5) is 0. The Morgan fingerprint density at radius 2 is 1.89 bits per heavy atom. The van der Waals surface area contributed by atoms with Crippen LogP contribution in [-0.4, -0.2) is 27.7 Å². The lowest BCUT2D eigenvalue weighted by Crippen LogP contribution is -2.46. The van der Waals surface area contributed by atoms with Gasteiger partial charge in [-0.25, -0.2) is 10.2 Å². The molecule has 4 rings (SSSR count). The molecular formula is C25H24ClF3N6O. The van der Waals surface area contributed by atoms with E-state index in [-0.39, 0.29) is 23.7 Å². The molecule has 0 aliphatic rings. The number of aryl methyl sites for hydroxylation is 1. The van der Waals surface area contributed by atoms with Crippen LogP contribution >= 0.6 is 11.6 Å². The van der Waals surface area contributed by atoms with Gasteiger partial charge in [0.1, 0.15) is 11.6 Å². The Morgan fingerprint density at radius 3 is 2.53 bits per heavy atom. The first-order valence-electron chi connectivity index (χ1n) is 10.9. The number of rotatable bonds is 7. The Balaban J connectivity index is 1.67. The molecule has 0 amide bonds. The van der Waals surface area contributed by atoms with Gasteiger partial charge in [0, 0.05) is 21.5 Å². The highest BCUT2D eigenvalue weighted by Crippen LogP contribution is 2.34. The van der Waals surface area contributed by atoms with E-state index in [2.05, 4.69) is 10.2 Å². The normalized spacial score (nSPS) is 12.2. The zero-order valence-electron chi connectivity index (χ0n) is 19.6. The van der Waals surface area contributed by atoms with E-state index in [1.165, 1.54) is 42.1 Å². The predicted molar refractivity (Wildman–Crippen MR) is 133 cm³/mol. The summed E-state index contributed by atoms with van der Waals surface area (Å²) >= 11 is 6.16. The molecule has 0 saturated carbocycles. The molecule has 11 heteroatoms. The number of nitrogens with two attached hydrogens (primary N) is 2. The van der Waals surface area contributed by atoms with E-state index < -0.39 is 23.1 Å². The van der Waals surface area contributed by atoms with Crippen molar-refractivity contribution in [2.45, 2.75) is 25.9 Å². The quantitative estimate of drug-likeness (QED) is 0.157. The van der Waals surface area contributed by atoms with Gasteiger partial charge in [-0.2, -0.15) is 19.0 Å². The van der Waals surface area contributed by atoms with E-state index in [9.17, 15) is 4.39 Å². The second-order valence-electron chi connectivity index (χ2n) is 8.18. The van der Waals surface area contributed by atoms with Gasteiger partial charge in [-0.15, -0.1) is 0 Å². The number of benzene rings is 3. The van der Waals surface area contributed by atoms with Crippen LogP contribution in [0, 0.1) is 12.7 Å². The maximum absolute atomic E-state index is 15.7. The molecule has 188 valence electrons. The summed E-state index contributed by atoms with van der Waals surface area (Å²) in [5, 5.41) is 9.37. The fourth-order valence-electron chi connectivity index (χ4n) is 3.96. The second kappa shape index (κ2) is 10.1. The Kier molecular flexibility index (Phi) is 7.09. The third-order valence-electron chi connectivity index (χ3n) is 5.86. The standard InChI is InChI=1S/C25H24ClF3N6O/c1-15-19-11-8-17(12-23(19)35(33-15)14-20-21(26)4-3-5-22(20)27)25(28,29)24(32-30)34(31)13-16-6-9-18(36-2)10-7-16/h3-12H,13-14,30-31H2,1-2H3/b32-24-. The molecule has 0 fully saturated rings. The number of halogens is 4. The summed E-state index contributed by atoms with van der Waals surface area (Å²) in [6, 6.07) is 15.2. The van der Waals surface area contributed by atoms with Gasteiger partial charge in [-0.05, 0) is 42.8 Å². The highest BCUT2D eigenvalue weighted by molar-refractivity contribution is 6.31. The Bertz CT molecular complexity index is 1400. The topological polar surface area (TPSA) is 94.7 Å². The van der Waals surface area contributed by atoms with Crippen molar-refractivity contribution in [3.63, 3.8) is 0 Å². The van der Waals surface area contributed by atoms with E-state index in [4.69, 9.17) is 28.0 Å². The largest absolute Gasteiger partial charge is 0.497 e. The second-order valence-corrected chi connectivity index (χ2v) is 8.59. The van der Waals surface area contributed by atoms with E-state index in [1.54, 1.807) is 37.3 Å². The van der Waals surface area contributed by atoms with Crippen LogP contribution in [0.1, 0.15) is 22.4 Å². The van der Waals surface area contributed by atoms with Gasteiger partial charge in [0.25, 0.3) is 0 Å². The summed E-state index contributed by atoms with van der Waals surface area (Å²) in [5.41, 5.74) is 1.43. The van der Waals surface area contributed by atoms with Gasteiger partial charge in [0.15, 0.2) is 0 Å². The molecule has 1 aromatic heterocycles. The number of aromatic nitrogens is 2. The van der Waals surface area contributed by atoms with Crippen molar-refractivity contribution >= 4 is 28.3 Å². The maximum atomic E-state index is 15.7. The first-order chi connectivity index (χ1) is 17.1. The number of fused-ring (bicyclic) bond motifs is 1. The molecule has 0 aliphatic carbocycles. The number of hydrogen-bond acceptors (Lipinski definition) is 5. The Morgan fingerprint density at radius 1 is 1.17 bits per heavy atom. The maximum Gasteiger partial charge on any atom is 0.332 e. The first kappa shape index (κ1) is 25.3. The summed E-state index contributed by atoms with van der Waals surface area (Å²) in [5.74, 6) is 7.00. The van der Waals surface area contributed by atoms with Crippen LogP contribution in [0.2, 0.25) is 5.02 Å². The van der Waals surface area contributed by atoms with Crippen LogP contribution in [0.5, 0.6) is 5.75 Å². The molecule has 1 heterocycles. The van der Waals surface area contributed by atoms with E-state index in [0.717, 1.165) is 5.01 Å². The molecular weight excluding hydrogens is 493 g/mol. The smallest absolute Gasteiger partial charge is 0.332 e. The van der Waals surface area contributed by atoms with Crippen molar-refractivity contribution < 1.29 is 17.9 Å². The Labute approximate surface area is 210 Å². The zero-order valence-corrected chi connectivity index (χ0v) is 20.3. The van der Waals surface area contributed by atoms with Crippen molar-refractivity contribution in [3.8, 4) is 5.75 Å². The molecule has 0 atom stereocenters. The molecule has 0 spiro atoms. The van der Waals surface area contributed by atoms with Crippen LogP contribution in [0.4, 0.5) is 13.2 Å². The molecule has 0 unspecified atom stereocenters. The van der Waals surface area contributed by atoms with Crippen molar-refractivity contribution in [2.24, 2.45) is 16.8 Å². The summed E-state index contributed by atoms with van der Waals surface area (Å²) < 4.78 is 52.2. The fraction of sp³-hybridized carbons (Fsp3) is 0.200. The van der Waals surface area contributed by atoms with Crippen molar-refractivity contribution in [1.82, 2.24) is 14.8 Å². The van der Waals surface area contributed by atoms with Crippen molar-refractivity contribution in [1.29, 1.82) is 0 Å². The number of amidine groups is 1. The molecule has 4 N–H and O–H groups in total. The number of nitrogens with zero attached hydrogens (tertiary/aromatic N) is 4. The Hall–Kier alpha value is -3.76. The molecule has 0 aliphatic heterocycles. The van der Waals surface area contributed by atoms with Crippen molar-refractivity contribution in [3.05, 3.63) is 93.9 Å². The third-order valence-corrected chi connectivity index (χ3v) is 6.21. The average Bonchev–Trinajstić information content (AvgIpc) is 3.17. The van der Waals surface area contributed by atoms with E-state index in [0.29, 0.717) is 27.9 Å². The third kappa shape index (κ3) is 4.82. The molecule has 4 aromatic rings. The summed E-state index contributed by atoms with van der Waals surface area (Å²) in [7, 11) is 1.53. The first-order valence-corrected chi connectivity index (χ1v) is 11.3. The molecule has 0 bridgehead atoms. The average molecular weight is 517 g/mol. The lowest BCUT2D eigenvalue weighted by molar-refractivity contribution is 0.0584. The van der Waals surface area contributed by atoms with Crippen LogP contribution in [0.25, 0.3) is 10.9 Å². The van der Waals surface area contributed by atoms with Gasteiger partial charge in [0.2, 0.25) is 5.84 Å². The zero-order chi connectivity index (χ0) is 26.0. The van der Waals surface area contributed by atoms with E-state index >= 15 is 8.78 Å². The number of ether oxygens (including phenoxy) is 1.